The highest BCUT2D eigenvalue weighted by atomic mass is 16.7. The number of carbonyl (C=O) groups is 1. The van der Waals surface area contributed by atoms with E-state index in [9.17, 15) is 4.79 Å². The molecule has 4 heteroatoms. The number of hydroxylamine groups is 2. The molecule has 1 N–H and O–H groups in total. The van der Waals surface area contributed by atoms with Crippen molar-refractivity contribution in [1.82, 2.24) is 5.06 Å². The van der Waals surface area contributed by atoms with Crippen LogP contribution in [0.15, 0.2) is 30.3 Å². The SMILES string of the molecule is O=C(Nc1ccccc1)ON1CCCCC1. The molecule has 1 aliphatic rings. The molecule has 1 aromatic carbocycles. The Morgan fingerprint density at radius 2 is 1.81 bits per heavy atom. The molecule has 0 bridgehead atoms. The number of rotatable bonds is 2. The van der Waals surface area contributed by atoms with Gasteiger partial charge in [-0.05, 0) is 25.0 Å². The molecule has 1 aromatic rings. The minimum atomic E-state index is -0.409. The first-order valence-electron chi connectivity index (χ1n) is 5.63. The van der Waals surface area contributed by atoms with Gasteiger partial charge >= 0.3 is 6.09 Å². The molecule has 0 radical (unpaired) electrons. The Bertz CT molecular complexity index is 334. The molecule has 1 aliphatic heterocycles. The molecule has 86 valence electrons. The monoisotopic (exact) mass is 220 g/mol. The molecule has 1 heterocycles. The molecular weight excluding hydrogens is 204 g/mol. The normalized spacial score (nSPS) is 16.8. The van der Waals surface area contributed by atoms with Gasteiger partial charge in [-0.3, -0.25) is 5.32 Å². The number of hydrogen-bond acceptors (Lipinski definition) is 3. The van der Waals surface area contributed by atoms with Crippen molar-refractivity contribution in [2.45, 2.75) is 19.3 Å². The fourth-order valence-corrected chi connectivity index (χ4v) is 1.74. The molecule has 0 spiro atoms. The van der Waals surface area contributed by atoms with Crippen LogP contribution in [0.2, 0.25) is 0 Å². The van der Waals surface area contributed by atoms with Crippen molar-refractivity contribution in [2.75, 3.05) is 18.4 Å². The Labute approximate surface area is 95.2 Å². The minimum Gasteiger partial charge on any atom is -0.351 e. The summed E-state index contributed by atoms with van der Waals surface area (Å²) >= 11 is 0. The summed E-state index contributed by atoms with van der Waals surface area (Å²) in [5.41, 5.74) is 0.754. The molecular formula is C12H16N2O2. The Hall–Kier alpha value is -1.55. The zero-order valence-corrected chi connectivity index (χ0v) is 9.19. The van der Waals surface area contributed by atoms with E-state index in [1.807, 2.05) is 30.3 Å². The van der Waals surface area contributed by atoms with Crippen LogP contribution in [0.25, 0.3) is 0 Å². The fourth-order valence-electron chi connectivity index (χ4n) is 1.74. The zero-order valence-electron chi connectivity index (χ0n) is 9.19. The lowest BCUT2D eigenvalue weighted by atomic mass is 10.2. The van der Waals surface area contributed by atoms with E-state index in [2.05, 4.69) is 5.32 Å². The number of nitrogens with one attached hydrogen (secondary N) is 1. The molecule has 4 nitrogen and oxygen atoms in total. The predicted molar refractivity (Wildman–Crippen MR) is 62.0 cm³/mol. The predicted octanol–water partition coefficient (Wildman–Crippen LogP) is 2.64. The van der Waals surface area contributed by atoms with Crippen molar-refractivity contribution in [2.24, 2.45) is 0 Å². The smallest absolute Gasteiger partial charge is 0.351 e. The van der Waals surface area contributed by atoms with Gasteiger partial charge in [0, 0.05) is 18.8 Å². The third kappa shape index (κ3) is 3.24. The summed E-state index contributed by atoms with van der Waals surface area (Å²) in [5.74, 6) is 0. The largest absolute Gasteiger partial charge is 0.430 e. The molecule has 16 heavy (non-hydrogen) atoms. The first-order chi connectivity index (χ1) is 7.84. The highest BCUT2D eigenvalue weighted by Gasteiger charge is 2.14. The van der Waals surface area contributed by atoms with Crippen molar-refractivity contribution in [3.05, 3.63) is 30.3 Å². The van der Waals surface area contributed by atoms with E-state index in [0.717, 1.165) is 31.6 Å². The van der Waals surface area contributed by atoms with Gasteiger partial charge in [0.25, 0.3) is 0 Å². The van der Waals surface area contributed by atoms with Gasteiger partial charge in [0.2, 0.25) is 0 Å². The summed E-state index contributed by atoms with van der Waals surface area (Å²) in [6.45, 7) is 1.67. The minimum absolute atomic E-state index is 0.409. The number of piperidine rings is 1. The van der Waals surface area contributed by atoms with Gasteiger partial charge in [0.1, 0.15) is 0 Å². The Morgan fingerprint density at radius 3 is 2.50 bits per heavy atom. The lowest BCUT2D eigenvalue weighted by Crippen LogP contribution is -2.34. The maximum absolute atomic E-state index is 11.5. The number of amides is 1. The quantitative estimate of drug-likeness (QED) is 0.833. The lowest BCUT2D eigenvalue weighted by Gasteiger charge is -2.24. The fraction of sp³-hybridized carbons (Fsp3) is 0.417. The zero-order chi connectivity index (χ0) is 11.2. The second-order valence-corrected chi connectivity index (χ2v) is 3.86. The summed E-state index contributed by atoms with van der Waals surface area (Å²) in [6.07, 6.45) is 3.00. The number of carbonyl (C=O) groups excluding carboxylic acids is 1. The van der Waals surface area contributed by atoms with Crippen LogP contribution in [-0.2, 0) is 4.84 Å². The molecule has 0 aromatic heterocycles. The number of hydrogen-bond donors (Lipinski definition) is 1. The van der Waals surface area contributed by atoms with Crippen LogP contribution in [0.3, 0.4) is 0 Å². The maximum atomic E-state index is 11.5. The highest BCUT2D eigenvalue weighted by Crippen LogP contribution is 2.10. The first-order valence-corrected chi connectivity index (χ1v) is 5.63. The molecule has 0 saturated carbocycles. The van der Waals surface area contributed by atoms with Crippen LogP contribution in [0.4, 0.5) is 10.5 Å². The first kappa shape index (κ1) is 11.0. The summed E-state index contributed by atoms with van der Waals surface area (Å²) in [6, 6.07) is 9.31. The summed E-state index contributed by atoms with van der Waals surface area (Å²) in [5, 5.41) is 4.41. The van der Waals surface area contributed by atoms with E-state index in [0.29, 0.717) is 0 Å². The number of nitrogens with zero attached hydrogens (tertiary/aromatic N) is 1. The van der Waals surface area contributed by atoms with E-state index in [1.54, 1.807) is 5.06 Å². The van der Waals surface area contributed by atoms with Crippen LogP contribution >= 0.6 is 0 Å². The van der Waals surface area contributed by atoms with Crippen molar-refractivity contribution in [3.63, 3.8) is 0 Å². The van der Waals surface area contributed by atoms with Crippen molar-refractivity contribution in [1.29, 1.82) is 0 Å². The summed E-state index contributed by atoms with van der Waals surface area (Å²) in [4.78, 5) is 16.7. The molecule has 0 aliphatic carbocycles. The van der Waals surface area contributed by atoms with Gasteiger partial charge in [-0.1, -0.05) is 24.6 Å². The molecule has 1 saturated heterocycles. The van der Waals surface area contributed by atoms with Crippen LogP contribution in [0.1, 0.15) is 19.3 Å². The van der Waals surface area contributed by atoms with Crippen LogP contribution in [-0.4, -0.2) is 24.2 Å². The Balaban J connectivity index is 1.80. The topological polar surface area (TPSA) is 41.6 Å². The van der Waals surface area contributed by atoms with Gasteiger partial charge in [0.05, 0.1) is 0 Å². The van der Waals surface area contributed by atoms with Crippen molar-refractivity contribution < 1.29 is 9.63 Å². The summed E-state index contributed by atoms with van der Waals surface area (Å²) in [7, 11) is 0. The highest BCUT2D eigenvalue weighted by molar-refractivity contribution is 5.84. The van der Waals surface area contributed by atoms with Crippen LogP contribution in [0, 0.1) is 0 Å². The molecule has 0 atom stereocenters. The molecule has 1 fully saturated rings. The third-order valence-corrected chi connectivity index (χ3v) is 2.55. The van der Waals surface area contributed by atoms with Gasteiger partial charge in [0.15, 0.2) is 0 Å². The standard InChI is InChI=1S/C12H16N2O2/c15-12(13-11-7-3-1-4-8-11)16-14-9-5-2-6-10-14/h1,3-4,7-8H,2,5-6,9-10H2,(H,13,15). The van der Waals surface area contributed by atoms with Gasteiger partial charge < -0.3 is 4.84 Å². The van der Waals surface area contributed by atoms with Crippen molar-refractivity contribution in [3.8, 4) is 0 Å². The second kappa shape index (κ2) is 5.51. The van der Waals surface area contributed by atoms with E-state index < -0.39 is 6.09 Å². The lowest BCUT2D eigenvalue weighted by molar-refractivity contribution is -0.105. The third-order valence-electron chi connectivity index (χ3n) is 2.55. The van der Waals surface area contributed by atoms with Gasteiger partial charge in [-0.25, -0.2) is 4.79 Å². The van der Waals surface area contributed by atoms with Crippen LogP contribution in [0.5, 0.6) is 0 Å². The Morgan fingerprint density at radius 1 is 1.12 bits per heavy atom. The van der Waals surface area contributed by atoms with E-state index in [-0.39, 0.29) is 0 Å². The molecule has 1 amide bonds. The van der Waals surface area contributed by atoms with Gasteiger partial charge in [-0.2, -0.15) is 0 Å². The van der Waals surface area contributed by atoms with Crippen molar-refractivity contribution >= 4 is 11.8 Å². The van der Waals surface area contributed by atoms with Gasteiger partial charge in [-0.15, -0.1) is 5.06 Å². The van der Waals surface area contributed by atoms with E-state index in [1.165, 1.54) is 6.42 Å². The summed E-state index contributed by atoms with van der Waals surface area (Å²) < 4.78 is 0. The van der Waals surface area contributed by atoms with Crippen LogP contribution < -0.4 is 5.32 Å². The maximum Gasteiger partial charge on any atom is 0.430 e. The number of para-hydroxylation sites is 1. The second-order valence-electron chi connectivity index (χ2n) is 3.86. The van der Waals surface area contributed by atoms with E-state index in [4.69, 9.17) is 4.84 Å². The number of benzene rings is 1. The van der Waals surface area contributed by atoms with E-state index >= 15 is 0 Å². The molecule has 2 rings (SSSR count). The average Bonchev–Trinajstić information content (AvgIpc) is 2.31. The molecule has 0 unspecified atom stereocenters. The number of anilines is 1. The average molecular weight is 220 g/mol. The Kier molecular flexibility index (Phi) is 3.77.